The summed E-state index contributed by atoms with van der Waals surface area (Å²) in [5.74, 6) is 0.969. The number of nitrogens with two attached hydrogens (primary N) is 1. The molecule has 0 spiro atoms. The number of rotatable bonds is 2. The maximum atomic E-state index is 8.75. The third-order valence-electron chi connectivity index (χ3n) is 2.25. The van der Waals surface area contributed by atoms with Gasteiger partial charge in [-0.3, -0.25) is 0 Å². The van der Waals surface area contributed by atoms with Crippen LogP contribution in [0.4, 0.5) is 5.69 Å². The molecule has 5 heteroatoms. The molecule has 0 aliphatic rings. The Hall–Kier alpha value is -1.70. The molecule has 18 heavy (non-hydrogen) atoms. The molecule has 2 rings (SSSR count). The minimum atomic E-state index is 0.394. The number of nitrogens with zero attached hydrogens (tertiary/aromatic N) is 1. The molecule has 0 amide bonds. The first-order valence-electron chi connectivity index (χ1n) is 5.02. The van der Waals surface area contributed by atoms with Crippen LogP contribution in [0.3, 0.4) is 0 Å². The molecular weight excluding hydrogens is 316 g/mol. The fraction of sp³-hybridized carbons (Fsp3) is 0. The predicted molar refractivity (Wildman–Crippen MR) is 74.8 cm³/mol. The Bertz CT molecular complexity index is 637. The highest BCUT2D eigenvalue weighted by Crippen LogP contribution is 2.34. The Labute approximate surface area is 118 Å². The third-order valence-corrected chi connectivity index (χ3v) is 3.06. The van der Waals surface area contributed by atoms with E-state index < -0.39 is 0 Å². The minimum absolute atomic E-state index is 0.394. The maximum Gasteiger partial charge on any atom is 0.150 e. The quantitative estimate of drug-likeness (QED) is 0.836. The maximum absolute atomic E-state index is 8.75. The molecule has 0 unspecified atom stereocenters. The molecule has 0 saturated carbocycles. The van der Waals surface area contributed by atoms with E-state index in [0.29, 0.717) is 27.8 Å². The van der Waals surface area contributed by atoms with Gasteiger partial charge in [0.05, 0.1) is 22.3 Å². The Balaban J connectivity index is 2.34. The third kappa shape index (κ3) is 2.76. The molecule has 0 aromatic heterocycles. The van der Waals surface area contributed by atoms with Crippen molar-refractivity contribution in [2.45, 2.75) is 0 Å². The fourth-order valence-electron chi connectivity index (χ4n) is 1.38. The number of anilines is 1. The molecule has 0 aliphatic heterocycles. The van der Waals surface area contributed by atoms with Crippen LogP contribution in [0.25, 0.3) is 0 Å². The summed E-state index contributed by atoms with van der Waals surface area (Å²) in [6.45, 7) is 0. The van der Waals surface area contributed by atoms with Crippen LogP contribution in [0.15, 0.2) is 40.9 Å². The van der Waals surface area contributed by atoms with Gasteiger partial charge in [0.1, 0.15) is 11.5 Å². The van der Waals surface area contributed by atoms with E-state index >= 15 is 0 Å². The van der Waals surface area contributed by atoms with Gasteiger partial charge in [0.2, 0.25) is 0 Å². The van der Waals surface area contributed by atoms with Gasteiger partial charge >= 0.3 is 0 Å². The standard InChI is InChI=1S/C13H8BrClN2O/c14-9-2-3-10(15)13(6-9)18-12-4-1-8(7-16)5-11(12)17/h1-6H,17H2. The van der Waals surface area contributed by atoms with E-state index in [9.17, 15) is 0 Å². The van der Waals surface area contributed by atoms with Crippen LogP contribution in [-0.4, -0.2) is 0 Å². The molecule has 3 nitrogen and oxygen atoms in total. The van der Waals surface area contributed by atoms with E-state index in [1.165, 1.54) is 0 Å². The number of benzene rings is 2. The molecule has 0 radical (unpaired) electrons. The van der Waals surface area contributed by atoms with Crippen molar-refractivity contribution in [3.05, 3.63) is 51.5 Å². The van der Waals surface area contributed by atoms with Crippen molar-refractivity contribution in [3.63, 3.8) is 0 Å². The highest BCUT2D eigenvalue weighted by atomic mass is 79.9. The van der Waals surface area contributed by atoms with Crippen molar-refractivity contribution in [2.24, 2.45) is 0 Å². The van der Waals surface area contributed by atoms with Gasteiger partial charge in [-0.25, -0.2) is 0 Å². The molecule has 0 bridgehead atoms. The van der Waals surface area contributed by atoms with E-state index in [2.05, 4.69) is 15.9 Å². The first kappa shape index (κ1) is 12.7. The SMILES string of the molecule is N#Cc1ccc(Oc2cc(Br)ccc2Cl)c(N)c1. The average molecular weight is 324 g/mol. The van der Waals surface area contributed by atoms with Crippen molar-refractivity contribution in [3.8, 4) is 17.6 Å². The number of ether oxygens (including phenoxy) is 1. The second-order valence-electron chi connectivity index (χ2n) is 3.54. The molecule has 0 saturated heterocycles. The Morgan fingerprint density at radius 3 is 2.61 bits per heavy atom. The summed E-state index contributed by atoms with van der Waals surface area (Å²) >= 11 is 9.36. The zero-order chi connectivity index (χ0) is 13.1. The first-order chi connectivity index (χ1) is 8.60. The van der Waals surface area contributed by atoms with Crippen LogP contribution in [0.1, 0.15) is 5.56 Å². The van der Waals surface area contributed by atoms with Crippen molar-refractivity contribution >= 4 is 33.2 Å². The fourth-order valence-corrected chi connectivity index (χ4v) is 1.88. The molecule has 90 valence electrons. The summed E-state index contributed by atoms with van der Waals surface area (Å²) in [6, 6.07) is 12.1. The summed E-state index contributed by atoms with van der Waals surface area (Å²) in [4.78, 5) is 0. The number of nitriles is 1. The molecule has 0 heterocycles. The lowest BCUT2D eigenvalue weighted by molar-refractivity contribution is 0.485. The van der Waals surface area contributed by atoms with Crippen molar-refractivity contribution in [1.29, 1.82) is 5.26 Å². The minimum Gasteiger partial charge on any atom is -0.454 e. The number of hydrogen-bond acceptors (Lipinski definition) is 3. The summed E-state index contributed by atoms with van der Waals surface area (Å²) < 4.78 is 6.48. The van der Waals surface area contributed by atoms with Crippen LogP contribution >= 0.6 is 27.5 Å². The van der Waals surface area contributed by atoms with Gasteiger partial charge < -0.3 is 10.5 Å². The van der Waals surface area contributed by atoms with Crippen molar-refractivity contribution < 1.29 is 4.74 Å². The molecule has 2 N–H and O–H groups in total. The topological polar surface area (TPSA) is 59.0 Å². The summed E-state index contributed by atoms with van der Waals surface area (Å²) in [7, 11) is 0. The second-order valence-corrected chi connectivity index (χ2v) is 4.86. The van der Waals surface area contributed by atoms with E-state index in [-0.39, 0.29) is 0 Å². The van der Waals surface area contributed by atoms with Gasteiger partial charge in [-0.05, 0) is 36.4 Å². The molecular formula is C13H8BrClN2O. The lowest BCUT2D eigenvalue weighted by Gasteiger charge is -2.10. The van der Waals surface area contributed by atoms with Crippen molar-refractivity contribution in [1.82, 2.24) is 0 Å². The smallest absolute Gasteiger partial charge is 0.150 e. The van der Waals surface area contributed by atoms with Crippen LogP contribution in [0.5, 0.6) is 11.5 Å². The van der Waals surface area contributed by atoms with Crippen molar-refractivity contribution in [2.75, 3.05) is 5.73 Å². The predicted octanol–water partition coefficient (Wildman–Crippen LogP) is 4.35. The highest BCUT2D eigenvalue weighted by Gasteiger charge is 2.07. The van der Waals surface area contributed by atoms with Crippen LogP contribution in [0, 0.1) is 11.3 Å². The van der Waals surface area contributed by atoms with Gasteiger partial charge in [0, 0.05) is 4.47 Å². The van der Waals surface area contributed by atoms with E-state index in [1.54, 1.807) is 30.3 Å². The van der Waals surface area contributed by atoms with Gasteiger partial charge in [0.25, 0.3) is 0 Å². The lowest BCUT2D eigenvalue weighted by atomic mass is 10.2. The normalized spacial score (nSPS) is 9.83. The highest BCUT2D eigenvalue weighted by molar-refractivity contribution is 9.10. The average Bonchev–Trinajstić information content (AvgIpc) is 2.36. The number of nitrogen functional groups attached to an aromatic ring is 1. The number of halogens is 2. The molecule has 0 atom stereocenters. The summed E-state index contributed by atoms with van der Waals surface area (Å²) in [5.41, 5.74) is 6.68. The summed E-state index contributed by atoms with van der Waals surface area (Å²) in [5, 5.41) is 9.24. The largest absolute Gasteiger partial charge is 0.454 e. The first-order valence-corrected chi connectivity index (χ1v) is 6.20. The lowest BCUT2D eigenvalue weighted by Crippen LogP contribution is -1.93. The van der Waals surface area contributed by atoms with Gasteiger partial charge in [-0.15, -0.1) is 0 Å². The van der Waals surface area contributed by atoms with Gasteiger partial charge in [0.15, 0.2) is 0 Å². The second kappa shape index (κ2) is 5.30. The zero-order valence-corrected chi connectivity index (χ0v) is 11.5. The van der Waals surface area contributed by atoms with Crippen LogP contribution in [0.2, 0.25) is 5.02 Å². The van der Waals surface area contributed by atoms with Crippen LogP contribution < -0.4 is 10.5 Å². The summed E-state index contributed by atoms with van der Waals surface area (Å²) in [6.07, 6.45) is 0. The zero-order valence-electron chi connectivity index (χ0n) is 9.15. The van der Waals surface area contributed by atoms with Crippen LogP contribution in [-0.2, 0) is 0 Å². The Kier molecular flexibility index (Phi) is 3.75. The monoisotopic (exact) mass is 322 g/mol. The number of hydrogen-bond donors (Lipinski definition) is 1. The van der Waals surface area contributed by atoms with Gasteiger partial charge in [-0.1, -0.05) is 27.5 Å². The molecule has 2 aromatic rings. The van der Waals surface area contributed by atoms with E-state index in [0.717, 1.165) is 4.47 Å². The Morgan fingerprint density at radius 2 is 1.94 bits per heavy atom. The van der Waals surface area contributed by atoms with E-state index in [1.807, 2.05) is 12.1 Å². The molecule has 2 aromatic carbocycles. The molecule has 0 aliphatic carbocycles. The van der Waals surface area contributed by atoms with Gasteiger partial charge in [-0.2, -0.15) is 5.26 Å². The Morgan fingerprint density at radius 1 is 1.17 bits per heavy atom. The molecule has 0 fully saturated rings. The van der Waals surface area contributed by atoms with E-state index in [4.69, 9.17) is 27.3 Å².